The number of nitrogens with one attached hydrogen (secondary N) is 5. The number of aliphatic carboxylic acids is 1. The summed E-state index contributed by atoms with van der Waals surface area (Å²) >= 11 is 0. The molecule has 1 aromatic heterocycles. The molecule has 0 saturated carbocycles. The van der Waals surface area contributed by atoms with Crippen molar-refractivity contribution in [2.75, 3.05) is 11.9 Å². The zero-order valence-corrected chi connectivity index (χ0v) is 40.6. The zero-order chi connectivity index (χ0) is 53.1. The highest BCUT2D eigenvalue weighted by Gasteiger charge is 2.33. The van der Waals surface area contributed by atoms with E-state index in [9.17, 15) is 53.5 Å². The topological polar surface area (TPSA) is 315 Å². The van der Waals surface area contributed by atoms with Crippen molar-refractivity contribution in [3.05, 3.63) is 184 Å². The Morgan fingerprint density at radius 1 is 0.573 bits per heavy atom. The predicted octanol–water partition coefficient (Wildman–Crippen LogP) is 5.71. The minimum absolute atomic E-state index is 0.00283. The third-order valence-corrected chi connectivity index (χ3v) is 12.6. The SMILES string of the molecule is O=C(CCNc1ccc([N+](=O)[O-])c2nonc12)NC(Cc1ccc2ccccc2c1)C(=O)NC(Cc1ccc2ccccc2c1)C(=O)N[C@H](Cc1ccccc1)C(=O)NC(Cc1ccc(OP(=O)(O)O)cc1)C(=O)O. The summed E-state index contributed by atoms with van der Waals surface area (Å²) in [5.41, 5.74) is 2.32. The van der Waals surface area contributed by atoms with Crippen molar-refractivity contribution in [1.29, 1.82) is 0 Å². The monoisotopic (exact) mass is 1040 g/mol. The van der Waals surface area contributed by atoms with E-state index in [1.807, 2.05) is 78.9 Å². The van der Waals surface area contributed by atoms with Crippen LogP contribution in [0.1, 0.15) is 28.7 Å². The Balaban J connectivity index is 1.05. The number of nitro groups is 1. The number of carbonyl (C=O) groups is 5. The smallest absolute Gasteiger partial charge is 0.480 e. The van der Waals surface area contributed by atoms with Gasteiger partial charge in [0.2, 0.25) is 29.1 Å². The number of fused-ring (bicyclic) bond motifs is 3. The van der Waals surface area contributed by atoms with E-state index in [0.29, 0.717) is 27.9 Å². The van der Waals surface area contributed by atoms with Gasteiger partial charge in [0.25, 0.3) is 0 Å². The molecular formula is C53H49N8O13P. The first-order valence-electron chi connectivity index (χ1n) is 23.5. The second-order valence-corrected chi connectivity index (χ2v) is 18.7. The molecule has 1 heterocycles. The van der Waals surface area contributed by atoms with Crippen molar-refractivity contribution >= 4 is 81.4 Å². The van der Waals surface area contributed by atoms with Crippen molar-refractivity contribution in [2.24, 2.45) is 0 Å². The van der Waals surface area contributed by atoms with Gasteiger partial charge >= 0.3 is 19.5 Å². The van der Waals surface area contributed by atoms with Gasteiger partial charge in [-0.2, -0.15) is 0 Å². The normalized spacial score (nSPS) is 13.0. The number of amides is 4. The fraction of sp³-hybridized carbons (Fsp3) is 0.189. The highest BCUT2D eigenvalue weighted by Crippen LogP contribution is 2.37. The molecule has 8 rings (SSSR count). The molecule has 0 aliphatic carbocycles. The Bertz CT molecular complexity index is 3440. The highest BCUT2D eigenvalue weighted by molar-refractivity contribution is 7.46. The molecule has 8 N–H and O–H groups in total. The molecule has 0 spiro atoms. The Labute approximate surface area is 427 Å². The molecule has 0 radical (unpaired) electrons. The van der Waals surface area contributed by atoms with E-state index >= 15 is 0 Å². The van der Waals surface area contributed by atoms with Gasteiger partial charge in [-0.25, -0.2) is 14.0 Å². The molecule has 21 nitrogen and oxygen atoms in total. The van der Waals surface area contributed by atoms with Crippen molar-refractivity contribution in [3.63, 3.8) is 0 Å². The molecule has 4 amide bonds. The number of carboxylic acid groups (broad SMARTS) is 1. The van der Waals surface area contributed by atoms with Gasteiger partial charge in [0, 0.05) is 44.7 Å². The second-order valence-electron chi connectivity index (χ2n) is 17.6. The maximum Gasteiger partial charge on any atom is 0.524 e. The van der Waals surface area contributed by atoms with E-state index in [2.05, 4.69) is 41.4 Å². The van der Waals surface area contributed by atoms with Crippen LogP contribution in [0.15, 0.2) is 156 Å². The van der Waals surface area contributed by atoms with Crippen LogP contribution in [0, 0.1) is 10.1 Å². The van der Waals surface area contributed by atoms with Gasteiger partial charge in [-0.1, -0.05) is 127 Å². The molecule has 0 aliphatic rings. The van der Waals surface area contributed by atoms with E-state index < -0.39 is 66.5 Å². The van der Waals surface area contributed by atoms with Crippen molar-refractivity contribution in [2.45, 2.75) is 56.3 Å². The van der Waals surface area contributed by atoms with Gasteiger partial charge < -0.3 is 36.2 Å². The summed E-state index contributed by atoms with van der Waals surface area (Å²) in [6.07, 6.45) is -0.630. The maximum atomic E-state index is 14.8. The molecule has 0 fully saturated rings. The number of nitro benzene ring substituents is 1. The Hall–Kier alpha value is -9.04. The molecule has 384 valence electrons. The van der Waals surface area contributed by atoms with Crippen molar-refractivity contribution in [3.8, 4) is 5.75 Å². The quantitative estimate of drug-likeness (QED) is 0.0216. The molecule has 22 heteroatoms. The number of rotatable bonds is 23. The number of non-ortho nitro benzene ring substituents is 1. The van der Waals surface area contributed by atoms with E-state index in [0.717, 1.165) is 21.5 Å². The number of carboxylic acids is 1. The summed E-state index contributed by atoms with van der Waals surface area (Å²) in [4.78, 5) is 99.5. The Morgan fingerprint density at radius 2 is 1.04 bits per heavy atom. The van der Waals surface area contributed by atoms with Gasteiger partial charge in [-0.15, -0.1) is 0 Å². The van der Waals surface area contributed by atoms with Crippen LogP contribution < -0.4 is 31.1 Å². The number of hydrogen-bond donors (Lipinski definition) is 8. The maximum absolute atomic E-state index is 14.8. The van der Waals surface area contributed by atoms with E-state index in [4.69, 9.17) is 4.63 Å². The first-order chi connectivity index (χ1) is 36.0. The number of anilines is 1. The molecule has 7 aromatic carbocycles. The fourth-order valence-corrected chi connectivity index (χ4v) is 8.87. The lowest BCUT2D eigenvalue weighted by Gasteiger charge is -2.26. The molecule has 8 aromatic rings. The van der Waals surface area contributed by atoms with Gasteiger partial charge in [0.15, 0.2) is 5.52 Å². The molecular weight excluding hydrogens is 988 g/mol. The van der Waals surface area contributed by atoms with Crippen LogP contribution in [0.5, 0.6) is 5.75 Å². The minimum atomic E-state index is -4.86. The fourth-order valence-electron chi connectivity index (χ4n) is 8.48. The van der Waals surface area contributed by atoms with Crippen LogP contribution in [0.2, 0.25) is 0 Å². The average Bonchev–Trinajstić information content (AvgIpc) is 3.89. The van der Waals surface area contributed by atoms with Crippen LogP contribution in [0.25, 0.3) is 32.6 Å². The highest BCUT2D eigenvalue weighted by atomic mass is 31.2. The van der Waals surface area contributed by atoms with Crippen LogP contribution >= 0.6 is 7.82 Å². The van der Waals surface area contributed by atoms with Gasteiger partial charge in [-0.05, 0) is 72.3 Å². The first-order valence-corrected chi connectivity index (χ1v) is 25.0. The van der Waals surface area contributed by atoms with Crippen LogP contribution in [0.3, 0.4) is 0 Å². The molecule has 0 saturated heterocycles. The van der Waals surface area contributed by atoms with Crippen molar-refractivity contribution < 1.29 is 57.5 Å². The summed E-state index contributed by atoms with van der Waals surface area (Å²) in [6.45, 7) is -0.00283. The number of carbonyl (C=O) groups excluding carboxylic acids is 4. The zero-order valence-electron chi connectivity index (χ0n) is 39.7. The summed E-state index contributed by atoms with van der Waals surface area (Å²) < 4.78 is 20.7. The van der Waals surface area contributed by atoms with E-state index in [-0.39, 0.29) is 61.1 Å². The third kappa shape index (κ3) is 14.1. The number of phosphoric ester groups is 1. The molecule has 3 unspecified atom stereocenters. The van der Waals surface area contributed by atoms with Crippen LogP contribution in [-0.2, 0) is 54.2 Å². The standard InChI is InChI=1S/C53H49N8O13P/c62-47(24-25-54-41-22-23-46(61(68)69)49-48(41)59-74-60-49)55-42(30-34-14-18-36-10-4-6-12-38(36)26-34)50(63)57-44(31-35-15-19-37-11-5-7-13-39(37)27-35)51(64)56-43(28-32-8-2-1-3-9-32)52(65)58-45(53(66)67)29-33-16-20-40(21-17-33)73-75(70,71)72/h1-23,26-27,42-45,54H,24-25,28-31H2,(H,55,62)(H,56,64)(H,57,63)(H,58,65)(H,66,67)(H2,70,71,72)/t42?,43-,44?,45?/m1/s1. The summed E-state index contributed by atoms with van der Waals surface area (Å²) in [7, 11) is -4.86. The van der Waals surface area contributed by atoms with Gasteiger partial charge in [0.05, 0.1) is 10.6 Å². The number of nitrogens with zero attached hydrogens (tertiary/aromatic N) is 3. The van der Waals surface area contributed by atoms with Gasteiger partial charge in [-0.3, -0.25) is 39.1 Å². The number of hydrogen-bond acceptors (Lipinski definition) is 13. The lowest BCUT2D eigenvalue weighted by atomic mass is 9.98. The lowest BCUT2D eigenvalue weighted by molar-refractivity contribution is -0.383. The molecule has 0 bridgehead atoms. The van der Waals surface area contributed by atoms with Crippen LogP contribution in [-0.4, -0.2) is 90.4 Å². The number of benzene rings is 7. The summed E-state index contributed by atoms with van der Waals surface area (Å²) in [6, 6.07) is 37.4. The molecule has 0 aliphatic heterocycles. The molecule has 4 atom stereocenters. The Morgan fingerprint density at radius 3 is 1.59 bits per heavy atom. The van der Waals surface area contributed by atoms with E-state index in [1.165, 1.54) is 36.4 Å². The van der Waals surface area contributed by atoms with Crippen molar-refractivity contribution in [1.82, 2.24) is 31.6 Å². The van der Waals surface area contributed by atoms with Gasteiger partial charge in [0.1, 0.15) is 29.9 Å². The number of aromatic nitrogens is 2. The first kappa shape index (κ1) is 52.3. The predicted molar refractivity (Wildman–Crippen MR) is 275 cm³/mol. The summed E-state index contributed by atoms with van der Waals surface area (Å²) in [5, 5.41) is 46.8. The third-order valence-electron chi connectivity index (χ3n) is 12.2. The second kappa shape index (κ2) is 23.7. The lowest BCUT2D eigenvalue weighted by Crippen LogP contribution is -2.59. The van der Waals surface area contributed by atoms with Crippen LogP contribution in [0.4, 0.5) is 11.4 Å². The summed E-state index contributed by atoms with van der Waals surface area (Å²) in [5.74, 6) is -4.52. The minimum Gasteiger partial charge on any atom is -0.480 e. The average molecular weight is 1040 g/mol. The Kier molecular flexibility index (Phi) is 16.5. The number of phosphoric acid groups is 1. The largest absolute Gasteiger partial charge is 0.524 e. The van der Waals surface area contributed by atoms with E-state index in [1.54, 1.807) is 36.4 Å². The molecule has 75 heavy (non-hydrogen) atoms.